The zero-order chi connectivity index (χ0) is 35.8. The van der Waals surface area contributed by atoms with Crippen molar-refractivity contribution in [2.45, 2.75) is 57.8 Å². The predicted octanol–water partition coefficient (Wildman–Crippen LogP) is 13.6. The summed E-state index contributed by atoms with van der Waals surface area (Å²) in [7, 11) is 0. The van der Waals surface area contributed by atoms with Crippen LogP contribution >= 0.6 is 0 Å². The van der Waals surface area contributed by atoms with Crippen LogP contribution in [-0.2, 0) is 24.7 Å². The number of allylic oxidation sites excluding steroid dienone is 4. The van der Waals surface area contributed by atoms with Crippen molar-refractivity contribution in [2.24, 2.45) is 0 Å². The minimum absolute atomic E-state index is 0.0919. The number of hydrogen-bond acceptors (Lipinski definition) is 2. The van der Waals surface area contributed by atoms with Gasteiger partial charge in [0.2, 0.25) is 0 Å². The van der Waals surface area contributed by atoms with E-state index in [2.05, 4.69) is 194 Å². The zero-order valence-electron chi connectivity index (χ0n) is 30.8. The molecule has 2 heteroatoms. The van der Waals surface area contributed by atoms with E-state index in [0.717, 1.165) is 38.5 Å². The molecule has 0 heterocycles. The summed E-state index contributed by atoms with van der Waals surface area (Å²) < 4.78 is 0. The van der Waals surface area contributed by atoms with Crippen molar-refractivity contribution in [2.75, 3.05) is 9.80 Å². The molecule has 0 aliphatic heterocycles. The molecule has 6 aromatic carbocycles. The van der Waals surface area contributed by atoms with Crippen molar-refractivity contribution < 1.29 is 0 Å². The maximum atomic E-state index is 2.48. The number of anilines is 5. The smallest absolute Gasteiger partial charge is 0.0464 e. The molecule has 3 aliphatic rings. The monoisotopic (exact) mass is 686 g/mol. The second kappa shape index (κ2) is 13.9. The van der Waals surface area contributed by atoms with Gasteiger partial charge in [-0.25, -0.2) is 0 Å². The summed E-state index contributed by atoms with van der Waals surface area (Å²) in [5, 5.41) is 0. The van der Waals surface area contributed by atoms with Gasteiger partial charge in [0.1, 0.15) is 0 Å². The van der Waals surface area contributed by atoms with Gasteiger partial charge in [-0.1, -0.05) is 117 Å². The SMILES string of the molecule is CC1(C)c2cc(CCc3ccc(N(c4ccccc4)c4ccc5c(c4)CCC=C5)cc3)ccc2-c2ccc(N(C3=CCCC=C3)c3ccccc3)cc21. The van der Waals surface area contributed by atoms with E-state index in [-0.39, 0.29) is 5.41 Å². The first-order chi connectivity index (χ1) is 26.0. The molecule has 0 fully saturated rings. The molecule has 0 bridgehead atoms. The predicted molar refractivity (Wildman–Crippen MR) is 225 cm³/mol. The summed E-state index contributed by atoms with van der Waals surface area (Å²) >= 11 is 0. The topological polar surface area (TPSA) is 6.48 Å². The fourth-order valence-electron chi connectivity index (χ4n) is 8.54. The van der Waals surface area contributed by atoms with E-state index < -0.39 is 0 Å². The fraction of sp³-hybridized carbons (Fsp3) is 0.176. The molecule has 0 amide bonds. The standard InChI is InChI=1S/C51H46N2/c1-51(2)49-34-38(26-32-47(49)48-33-31-46(36-50(48)51)52(41-16-6-3-7-17-41)42-18-8-4-9-19-42)23-22-37-24-28-44(29-25-37)53(43-20-10-5-11-21-43)45-30-27-39-14-12-13-15-40(39)35-45/h3,5-8,10-12,14,16-21,24-36H,4,9,13,15,22-23H2,1-2H3. The molecule has 0 saturated heterocycles. The number of para-hydroxylation sites is 2. The van der Waals surface area contributed by atoms with Gasteiger partial charge >= 0.3 is 0 Å². The highest BCUT2D eigenvalue weighted by Crippen LogP contribution is 2.51. The molecule has 0 radical (unpaired) electrons. The minimum Gasteiger partial charge on any atom is -0.311 e. The molecule has 0 atom stereocenters. The first-order valence-corrected chi connectivity index (χ1v) is 19.3. The second-order valence-electron chi connectivity index (χ2n) is 15.2. The quantitative estimate of drug-likeness (QED) is 0.149. The van der Waals surface area contributed by atoms with Gasteiger partial charge in [-0.2, -0.15) is 0 Å². The lowest BCUT2D eigenvalue weighted by Crippen LogP contribution is -2.19. The Labute approximate surface area is 315 Å². The third kappa shape index (κ3) is 6.33. The van der Waals surface area contributed by atoms with Crippen LogP contribution in [-0.4, -0.2) is 0 Å². The van der Waals surface area contributed by atoms with Crippen molar-refractivity contribution in [3.05, 3.63) is 203 Å². The van der Waals surface area contributed by atoms with E-state index in [9.17, 15) is 0 Å². The van der Waals surface area contributed by atoms with E-state index in [1.54, 1.807) is 0 Å². The van der Waals surface area contributed by atoms with Crippen LogP contribution in [0.3, 0.4) is 0 Å². The van der Waals surface area contributed by atoms with E-state index in [4.69, 9.17) is 0 Å². The Balaban J connectivity index is 0.954. The van der Waals surface area contributed by atoms with Crippen LogP contribution in [0, 0.1) is 0 Å². The Morgan fingerprint density at radius 3 is 1.81 bits per heavy atom. The van der Waals surface area contributed by atoms with E-state index in [1.165, 1.54) is 78.6 Å². The molecule has 0 aromatic heterocycles. The Kier molecular flexibility index (Phi) is 8.68. The van der Waals surface area contributed by atoms with Crippen LogP contribution in [0.15, 0.2) is 170 Å². The zero-order valence-corrected chi connectivity index (χ0v) is 30.8. The maximum Gasteiger partial charge on any atom is 0.0464 e. The van der Waals surface area contributed by atoms with Gasteiger partial charge in [0.25, 0.3) is 0 Å². The van der Waals surface area contributed by atoms with E-state index in [0.29, 0.717) is 0 Å². The summed E-state index contributed by atoms with van der Waals surface area (Å²) in [5.74, 6) is 0. The van der Waals surface area contributed by atoms with Crippen LogP contribution in [0.5, 0.6) is 0 Å². The second-order valence-corrected chi connectivity index (χ2v) is 15.2. The van der Waals surface area contributed by atoms with Gasteiger partial charge in [0.15, 0.2) is 0 Å². The minimum atomic E-state index is -0.0919. The highest BCUT2D eigenvalue weighted by Gasteiger charge is 2.36. The fourth-order valence-corrected chi connectivity index (χ4v) is 8.54. The summed E-state index contributed by atoms with van der Waals surface area (Å²) in [6.45, 7) is 4.79. The Morgan fingerprint density at radius 1 is 0.491 bits per heavy atom. The molecular weight excluding hydrogens is 641 g/mol. The van der Waals surface area contributed by atoms with Crippen LogP contribution in [0.25, 0.3) is 17.2 Å². The number of nitrogens with zero attached hydrogens (tertiary/aromatic N) is 2. The first-order valence-electron chi connectivity index (χ1n) is 19.3. The lowest BCUT2D eigenvalue weighted by Gasteiger charge is -2.29. The van der Waals surface area contributed by atoms with Gasteiger partial charge in [0, 0.05) is 39.5 Å². The van der Waals surface area contributed by atoms with Crippen LogP contribution < -0.4 is 9.80 Å². The lowest BCUT2D eigenvalue weighted by atomic mass is 9.81. The Bertz CT molecular complexity index is 2360. The molecule has 3 aliphatic carbocycles. The van der Waals surface area contributed by atoms with Crippen molar-refractivity contribution in [3.8, 4) is 11.1 Å². The lowest BCUT2D eigenvalue weighted by molar-refractivity contribution is 0.659. The van der Waals surface area contributed by atoms with Gasteiger partial charge in [-0.15, -0.1) is 0 Å². The average molecular weight is 687 g/mol. The first kappa shape index (κ1) is 33.0. The van der Waals surface area contributed by atoms with Crippen LogP contribution in [0.1, 0.15) is 66.5 Å². The molecule has 0 unspecified atom stereocenters. The average Bonchev–Trinajstić information content (AvgIpc) is 3.44. The van der Waals surface area contributed by atoms with Crippen molar-refractivity contribution in [1.82, 2.24) is 0 Å². The molecule has 6 aromatic rings. The number of benzene rings is 6. The molecule has 9 rings (SSSR count). The third-order valence-corrected chi connectivity index (χ3v) is 11.4. The summed E-state index contributed by atoms with van der Waals surface area (Å²) in [5.41, 5.74) is 18.2. The summed E-state index contributed by atoms with van der Waals surface area (Å²) in [6, 6.07) is 51.9. The molecule has 260 valence electrons. The summed E-state index contributed by atoms with van der Waals surface area (Å²) in [4.78, 5) is 4.80. The Morgan fingerprint density at radius 2 is 1.08 bits per heavy atom. The van der Waals surface area contributed by atoms with Gasteiger partial charge < -0.3 is 9.80 Å². The van der Waals surface area contributed by atoms with E-state index >= 15 is 0 Å². The van der Waals surface area contributed by atoms with Gasteiger partial charge in [-0.05, 0) is 150 Å². The number of aryl methyl sites for hydroxylation is 3. The van der Waals surface area contributed by atoms with Crippen molar-refractivity contribution >= 4 is 34.5 Å². The number of rotatable bonds is 9. The molecule has 0 N–H and O–H groups in total. The van der Waals surface area contributed by atoms with Gasteiger partial charge in [-0.3, -0.25) is 0 Å². The largest absolute Gasteiger partial charge is 0.311 e. The maximum absolute atomic E-state index is 2.48. The van der Waals surface area contributed by atoms with Crippen molar-refractivity contribution in [1.29, 1.82) is 0 Å². The summed E-state index contributed by atoms with van der Waals surface area (Å²) in [6.07, 6.45) is 17.9. The molecule has 0 saturated carbocycles. The molecule has 2 nitrogen and oxygen atoms in total. The molecule has 53 heavy (non-hydrogen) atoms. The van der Waals surface area contributed by atoms with Gasteiger partial charge in [0.05, 0.1) is 0 Å². The van der Waals surface area contributed by atoms with E-state index in [1.807, 2.05) is 0 Å². The van der Waals surface area contributed by atoms with Crippen molar-refractivity contribution in [3.63, 3.8) is 0 Å². The number of hydrogen-bond donors (Lipinski definition) is 0. The normalized spacial score (nSPS) is 14.9. The highest BCUT2D eigenvalue weighted by atomic mass is 15.1. The molecule has 0 spiro atoms. The number of fused-ring (bicyclic) bond motifs is 4. The van der Waals surface area contributed by atoms with Crippen LogP contribution in [0.4, 0.5) is 28.4 Å². The van der Waals surface area contributed by atoms with Crippen LogP contribution in [0.2, 0.25) is 0 Å². The molecular formula is C51H46N2. The Hall–Kier alpha value is -5.86. The highest BCUT2D eigenvalue weighted by molar-refractivity contribution is 5.84. The third-order valence-electron chi connectivity index (χ3n) is 11.4.